The summed E-state index contributed by atoms with van der Waals surface area (Å²) in [5.41, 5.74) is 2.87. The van der Waals surface area contributed by atoms with E-state index in [1.54, 1.807) is 7.11 Å². The Morgan fingerprint density at radius 3 is 3.06 bits per heavy atom. The number of fused-ring (bicyclic) bond motifs is 1. The normalized spacial score (nSPS) is 19.2. The zero-order valence-electron chi connectivity index (χ0n) is 10.3. The molecule has 1 aliphatic rings. The molecule has 1 atom stereocenters. The van der Waals surface area contributed by atoms with Gasteiger partial charge in [-0.25, -0.2) is 0 Å². The van der Waals surface area contributed by atoms with Crippen molar-refractivity contribution in [3.63, 3.8) is 0 Å². The van der Waals surface area contributed by atoms with E-state index in [0.717, 1.165) is 18.7 Å². The standard InChI is InChI=1S/C14H21NO/c1-3-9-15-12-8-7-11-5-4-6-14(16-2)13(11)10-12/h4-6,12,15H,3,7-10H2,1-2H3/t12-/m0/s1. The smallest absolute Gasteiger partial charge is 0.122 e. The fraction of sp³-hybridized carbons (Fsp3) is 0.571. The van der Waals surface area contributed by atoms with E-state index in [0.29, 0.717) is 6.04 Å². The van der Waals surface area contributed by atoms with Gasteiger partial charge in [0.2, 0.25) is 0 Å². The van der Waals surface area contributed by atoms with Crippen LogP contribution >= 0.6 is 0 Å². The van der Waals surface area contributed by atoms with Crippen molar-refractivity contribution in [2.45, 2.75) is 38.6 Å². The van der Waals surface area contributed by atoms with Gasteiger partial charge in [0.25, 0.3) is 0 Å². The second-order valence-electron chi connectivity index (χ2n) is 4.49. The molecule has 16 heavy (non-hydrogen) atoms. The van der Waals surface area contributed by atoms with Gasteiger partial charge in [-0.1, -0.05) is 19.1 Å². The summed E-state index contributed by atoms with van der Waals surface area (Å²) >= 11 is 0. The van der Waals surface area contributed by atoms with Gasteiger partial charge in [0.1, 0.15) is 5.75 Å². The van der Waals surface area contributed by atoms with E-state index < -0.39 is 0 Å². The summed E-state index contributed by atoms with van der Waals surface area (Å²) in [6, 6.07) is 7.02. The molecule has 0 saturated carbocycles. The van der Waals surface area contributed by atoms with Crippen molar-refractivity contribution >= 4 is 0 Å². The van der Waals surface area contributed by atoms with Crippen molar-refractivity contribution in [3.05, 3.63) is 29.3 Å². The molecule has 0 heterocycles. The van der Waals surface area contributed by atoms with Crippen LogP contribution in [0.3, 0.4) is 0 Å². The molecular formula is C14H21NO. The average Bonchev–Trinajstić information content (AvgIpc) is 2.35. The summed E-state index contributed by atoms with van der Waals surface area (Å²) in [6.45, 7) is 3.33. The first-order chi connectivity index (χ1) is 7.85. The third-order valence-electron chi connectivity index (χ3n) is 3.35. The number of rotatable bonds is 4. The molecule has 1 aromatic rings. The molecule has 0 fully saturated rings. The minimum atomic E-state index is 0.628. The lowest BCUT2D eigenvalue weighted by Gasteiger charge is -2.26. The van der Waals surface area contributed by atoms with E-state index in [-0.39, 0.29) is 0 Å². The maximum Gasteiger partial charge on any atom is 0.122 e. The van der Waals surface area contributed by atoms with E-state index in [2.05, 4.69) is 30.4 Å². The summed E-state index contributed by atoms with van der Waals surface area (Å²) in [7, 11) is 1.76. The fourth-order valence-electron chi connectivity index (χ4n) is 2.47. The highest BCUT2D eigenvalue weighted by atomic mass is 16.5. The molecule has 0 unspecified atom stereocenters. The van der Waals surface area contributed by atoms with E-state index in [4.69, 9.17) is 4.74 Å². The van der Waals surface area contributed by atoms with Crippen LogP contribution in [-0.4, -0.2) is 19.7 Å². The number of methoxy groups -OCH3 is 1. The third-order valence-corrected chi connectivity index (χ3v) is 3.35. The molecule has 88 valence electrons. The van der Waals surface area contributed by atoms with Crippen molar-refractivity contribution in [3.8, 4) is 5.75 Å². The summed E-state index contributed by atoms with van der Waals surface area (Å²) in [5.74, 6) is 1.06. The van der Waals surface area contributed by atoms with Crippen LogP contribution in [0.15, 0.2) is 18.2 Å². The van der Waals surface area contributed by atoms with Gasteiger partial charge in [-0.3, -0.25) is 0 Å². The number of aryl methyl sites for hydroxylation is 1. The van der Waals surface area contributed by atoms with Crippen molar-refractivity contribution in [1.82, 2.24) is 5.32 Å². The number of hydrogen-bond donors (Lipinski definition) is 1. The molecule has 0 radical (unpaired) electrons. The second kappa shape index (κ2) is 5.35. The van der Waals surface area contributed by atoms with Gasteiger partial charge in [-0.15, -0.1) is 0 Å². The Morgan fingerprint density at radius 1 is 1.44 bits per heavy atom. The van der Waals surface area contributed by atoms with Gasteiger partial charge in [-0.2, -0.15) is 0 Å². The van der Waals surface area contributed by atoms with Gasteiger partial charge in [0.05, 0.1) is 7.11 Å². The zero-order chi connectivity index (χ0) is 11.4. The van der Waals surface area contributed by atoms with Gasteiger partial charge < -0.3 is 10.1 Å². The molecule has 0 aromatic heterocycles. The topological polar surface area (TPSA) is 21.3 Å². The minimum absolute atomic E-state index is 0.628. The van der Waals surface area contributed by atoms with Gasteiger partial charge >= 0.3 is 0 Å². The highest BCUT2D eigenvalue weighted by molar-refractivity contribution is 5.42. The van der Waals surface area contributed by atoms with Gasteiger partial charge in [0, 0.05) is 6.04 Å². The summed E-state index contributed by atoms with van der Waals surface area (Å²) in [5, 5.41) is 3.61. The molecule has 2 heteroatoms. The lowest BCUT2D eigenvalue weighted by Crippen LogP contribution is -2.35. The summed E-state index contributed by atoms with van der Waals surface area (Å²) < 4.78 is 5.44. The highest BCUT2D eigenvalue weighted by Crippen LogP contribution is 2.29. The van der Waals surface area contributed by atoms with E-state index in [1.807, 2.05) is 0 Å². The predicted molar refractivity (Wildman–Crippen MR) is 67.1 cm³/mol. The predicted octanol–water partition coefficient (Wildman–Crippen LogP) is 2.55. The van der Waals surface area contributed by atoms with E-state index >= 15 is 0 Å². The maximum absolute atomic E-state index is 5.44. The summed E-state index contributed by atoms with van der Waals surface area (Å²) in [6.07, 6.45) is 4.74. The molecule has 1 N–H and O–H groups in total. The largest absolute Gasteiger partial charge is 0.496 e. The molecule has 2 rings (SSSR count). The van der Waals surface area contributed by atoms with Crippen LogP contribution in [-0.2, 0) is 12.8 Å². The second-order valence-corrected chi connectivity index (χ2v) is 4.49. The lowest BCUT2D eigenvalue weighted by molar-refractivity contribution is 0.394. The fourth-order valence-corrected chi connectivity index (χ4v) is 2.47. The van der Waals surface area contributed by atoms with Gasteiger partial charge in [0.15, 0.2) is 0 Å². The van der Waals surface area contributed by atoms with Crippen LogP contribution in [0.25, 0.3) is 0 Å². The Hall–Kier alpha value is -1.02. The quantitative estimate of drug-likeness (QED) is 0.840. The number of nitrogens with one attached hydrogen (secondary N) is 1. The molecule has 0 bridgehead atoms. The Balaban J connectivity index is 2.11. The van der Waals surface area contributed by atoms with E-state index in [9.17, 15) is 0 Å². The Labute approximate surface area is 98.0 Å². The lowest BCUT2D eigenvalue weighted by atomic mass is 9.87. The molecule has 0 spiro atoms. The molecule has 1 aliphatic carbocycles. The third kappa shape index (κ3) is 2.38. The SMILES string of the molecule is CCCN[C@H]1CCc2cccc(OC)c2C1. The van der Waals surface area contributed by atoms with Crippen molar-refractivity contribution in [2.75, 3.05) is 13.7 Å². The molecule has 1 aromatic carbocycles. The van der Waals surface area contributed by atoms with Crippen molar-refractivity contribution in [1.29, 1.82) is 0 Å². The number of hydrogen-bond acceptors (Lipinski definition) is 2. The van der Waals surface area contributed by atoms with Crippen LogP contribution < -0.4 is 10.1 Å². The van der Waals surface area contributed by atoms with Crippen LogP contribution in [0.1, 0.15) is 30.9 Å². The molecule has 0 aliphatic heterocycles. The Kier molecular flexibility index (Phi) is 3.83. The first kappa shape index (κ1) is 11.5. The molecular weight excluding hydrogens is 198 g/mol. The van der Waals surface area contributed by atoms with Crippen molar-refractivity contribution in [2.24, 2.45) is 0 Å². The van der Waals surface area contributed by atoms with Crippen molar-refractivity contribution < 1.29 is 4.74 Å². The number of ether oxygens (including phenoxy) is 1. The first-order valence-electron chi connectivity index (χ1n) is 6.23. The highest BCUT2D eigenvalue weighted by Gasteiger charge is 2.20. The summed E-state index contributed by atoms with van der Waals surface area (Å²) in [4.78, 5) is 0. The first-order valence-corrected chi connectivity index (χ1v) is 6.23. The van der Waals surface area contributed by atoms with E-state index in [1.165, 1.54) is 30.4 Å². The Bertz CT molecular complexity index is 334. The Morgan fingerprint density at radius 2 is 2.31 bits per heavy atom. The monoisotopic (exact) mass is 219 g/mol. The zero-order valence-corrected chi connectivity index (χ0v) is 10.3. The average molecular weight is 219 g/mol. The van der Waals surface area contributed by atoms with Crippen LogP contribution in [0.2, 0.25) is 0 Å². The molecule has 2 nitrogen and oxygen atoms in total. The van der Waals surface area contributed by atoms with Crippen LogP contribution in [0, 0.1) is 0 Å². The molecule has 0 amide bonds. The molecule has 0 saturated heterocycles. The minimum Gasteiger partial charge on any atom is -0.496 e. The maximum atomic E-state index is 5.44. The van der Waals surface area contributed by atoms with Gasteiger partial charge in [-0.05, 0) is 49.4 Å². The number of benzene rings is 1. The van der Waals surface area contributed by atoms with Crippen LogP contribution in [0.4, 0.5) is 0 Å². The van der Waals surface area contributed by atoms with Crippen LogP contribution in [0.5, 0.6) is 5.75 Å².